The molecule has 0 bridgehead atoms. The maximum atomic E-state index is 13.6. The Morgan fingerprint density at radius 2 is 1.03 bits per heavy atom. The number of likely N-dealkylation sites (tertiary alicyclic amines) is 2. The van der Waals surface area contributed by atoms with Crippen molar-refractivity contribution in [3.63, 3.8) is 0 Å². The molecule has 15 nitrogen and oxygen atoms in total. The zero-order valence-corrected chi connectivity index (χ0v) is 46.3. The second-order valence-corrected chi connectivity index (χ2v) is 35.5. The number of carbonyl (C=O) groups is 2. The fraction of sp³-hybridized carbons (Fsp3) is 0.593. The van der Waals surface area contributed by atoms with Gasteiger partial charge in [0, 0.05) is 48.1 Å². The van der Waals surface area contributed by atoms with Gasteiger partial charge in [0.15, 0.2) is 0 Å². The highest BCUT2D eigenvalue weighted by Gasteiger charge is 2.50. The second-order valence-electron chi connectivity index (χ2n) is 24.3. The van der Waals surface area contributed by atoms with Gasteiger partial charge in [0.1, 0.15) is 48.5 Å². The number of aliphatic hydroxyl groups excluding tert-OH is 2. The van der Waals surface area contributed by atoms with Crippen LogP contribution in [0, 0.1) is 0 Å². The summed E-state index contributed by atoms with van der Waals surface area (Å²) in [6.45, 7) is 28.2. The van der Waals surface area contributed by atoms with Gasteiger partial charge in [-0.3, -0.25) is 9.80 Å². The SMILES string of the molecule is CC(C)(C)OC(=O)N1CCCC1c1nc2cc([C@H]3[C@@H](O)[C@H](O)[C@H](c4ccc5c(c4)nc([C@@H]4CCCN4C(=O)OC(C)(C)C)n5COCC[Si](C)(C)C)N3c3ccccc3)ccc2n1COCC[Si](C)(C)C. The first-order valence-corrected chi connectivity index (χ1v) is 33.1. The molecule has 5 aromatic rings. The quantitative estimate of drug-likeness (QED) is 0.0760. The van der Waals surface area contributed by atoms with Crippen molar-refractivity contribution >= 4 is 56.1 Å². The van der Waals surface area contributed by atoms with Gasteiger partial charge in [-0.1, -0.05) is 69.6 Å². The molecule has 0 aliphatic carbocycles. The number of carbonyl (C=O) groups excluding carboxylic acids is 2. The number of rotatable bonds is 15. The molecule has 3 aliphatic heterocycles. The summed E-state index contributed by atoms with van der Waals surface area (Å²) >= 11 is 0. The molecule has 0 radical (unpaired) electrons. The minimum Gasteiger partial charge on any atom is -0.444 e. The number of para-hydroxylation sites is 1. The van der Waals surface area contributed by atoms with E-state index in [-0.39, 0.29) is 37.7 Å². The zero-order chi connectivity index (χ0) is 51.2. The molecular formula is C54H79N7O8Si2. The van der Waals surface area contributed by atoms with Gasteiger partial charge in [-0.25, -0.2) is 19.6 Å². The monoisotopic (exact) mass is 1010 g/mol. The molecule has 5 heterocycles. The van der Waals surface area contributed by atoms with Crippen LogP contribution in [0.2, 0.25) is 51.4 Å². The van der Waals surface area contributed by atoms with Gasteiger partial charge in [0.25, 0.3) is 0 Å². The average molecular weight is 1010 g/mol. The van der Waals surface area contributed by atoms with Crippen LogP contribution in [-0.2, 0) is 32.4 Å². The van der Waals surface area contributed by atoms with E-state index in [1.165, 1.54) is 0 Å². The summed E-state index contributed by atoms with van der Waals surface area (Å²) in [5.74, 6) is 1.47. The van der Waals surface area contributed by atoms with E-state index in [1.807, 2.05) is 108 Å². The van der Waals surface area contributed by atoms with E-state index in [2.05, 4.69) is 53.3 Å². The van der Waals surface area contributed by atoms with E-state index in [1.54, 1.807) is 9.80 Å². The molecule has 3 fully saturated rings. The van der Waals surface area contributed by atoms with E-state index in [0.29, 0.717) is 37.3 Å². The van der Waals surface area contributed by atoms with Gasteiger partial charge in [-0.2, -0.15) is 0 Å². The highest BCUT2D eigenvalue weighted by Crippen LogP contribution is 2.49. The Balaban J connectivity index is 1.18. The van der Waals surface area contributed by atoms with Crippen molar-refractivity contribution in [1.82, 2.24) is 28.9 Å². The lowest BCUT2D eigenvalue weighted by Crippen LogP contribution is -2.37. The van der Waals surface area contributed by atoms with Crippen LogP contribution in [0.15, 0.2) is 66.7 Å². The third-order valence-electron chi connectivity index (χ3n) is 13.7. The Morgan fingerprint density at radius 3 is 1.41 bits per heavy atom. The fourth-order valence-corrected chi connectivity index (χ4v) is 11.7. The normalized spacial score (nSPS) is 22.4. The number of aliphatic hydroxyl groups is 2. The zero-order valence-electron chi connectivity index (χ0n) is 44.3. The molecule has 17 heteroatoms. The van der Waals surface area contributed by atoms with Crippen molar-refractivity contribution in [2.24, 2.45) is 0 Å². The van der Waals surface area contributed by atoms with Crippen molar-refractivity contribution in [1.29, 1.82) is 0 Å². The van der Waals surface area contributed by atoms with Crippen LogP contribution in [0.25, 0.3) is 22.1 Å². The molecule has 2 aromatic heterocycles. The standard InChI is InChI=1S/C54H79N7O8Si2/c1-53(2,3)68-51(64)57-26-16-20-43(57)49-55-39-32-36(22-24-41(39)59(49)34-66-28-30-70(7,8)9)45-47(62)48(63)46(61(45)38-18-14-13-15-19-38)37-23-25-42-40(33-37)56-50(60(42)35-67-29-31-71(10,11)12)44-21-17-27-58(44)52(65)69-54(4,5)6/h13-15,18-19,22-25,32-33,43-48,62-63H,16-17,20-21,26-31,34-35H2,1-12H3/t43-,44?,45-,46-,47+,48+/m0/s1. The van der Waals surface area contributed by atoms with Gasteiger partial charge < -0.3 is 43.2 Å². The van der Waals surface area contributed by atoms with Gasteiger partial charge >= 0.3 is 12.2 Å². The Hall–Kier alpha value is -4.79. The van der Waals surface area contributed by atoms with Crippen LogP contribution in [0.5, 0.6) is 0 Å². The first-order chi connectivity index (χ1) is 33.4. The van der Waals surface area contributed by atoms with Gasteiger partial charge in [-0.15, -0.1) is 0 Å². The maximum absolute atomic E-state index is 13.6. The number of aromatic nitrogens is 4. The minimum absolute atomic E-state index is 0.279. The summed E-state index contributed by atoms with van der Waals surface area (Å²) in [7, 11) is -2.72. The van der Waals surface area contributed by atoms with E-state index in [0.717, 1.165) is 77.3 Å². The van der Waals surface area contributed by atoms with Crippen LogP contribution < -0.4 is 4.90 Å². The number of nitrogens with zero attached hydrogens (tertiary/aromatic N) is 7. The van der Waals surface area contributed by atoms with Crippen LogP contribution >= 0.6 is 0 Å². The van der Waals surface area contributed by atoms with Crippen LogP contribution in [0.1, 0.15) is 114 Å². The first-order valence-electron chi connectivity index (χ1n) is 25.7. The number of fused-ring (bicyclic) bond motifs is 2. The molecule has 8 rings (SSSR count). The summed E-state index contributed by atoms with van der Waals surface area (Å²) in [5.41, 5.74) is 4.25. The predicted octanol–water partition coefficient (Wildman–Crippen LogP) is 11.2. The van der Waals surface area contributed by atoms with Crippen LogP contribution in [0.3, 0.4) is 0 Å². The minimum atomic E-state index is -1.36. The Labute approximate surface area is 422 Å². The topological polar surface area (TPSA) is 157 Å². The Kier molecular flexibility index (Phi) is 15.3. The Bertz CT molecular complexity index is 2500. The molecule has 0 saturated carbocycles. The van der Waals surface area contributed by atoms with Crippen LogP contribution in [-0.4, -0.2) is 117 Å². The third-order valence-corrected chi connectivity index (χ3v) is 17.1. The Morgan fingerprint density at radius 1 is 0.620 bits per heavy atom. The van der Waals surface area contributed by atoms with Crippen molar-refractivity contribution in [3.8, 4) is 0 Å². The number of benzene rings is 3. The van der Waals surface area contributed by atoms with Crippen molar-refractivity contribution < 1.29 is 38.7 Å². The molecule has 386 valence electrons. The van der Waals surface area contributed by atoms with Crippen LogP contribution in [0.4, 0.5) is 15.3 Å². The maximum Gasteiger partial charge on any atom is 0.410 e. The number of hydrogen-bond donors (Lipinski definition) is 2. The highest BCUT2D eigenvalue weighted by atomic mass is 28.3. The lowest BCUT2D eigenvalue weighted by molar-refractivity contribution is 0.0196. The molecule has 1 unspecified atom stereocenters. The van der Waals surface area contributed by atoms with Gasteiger partial charge in [0.2, 0.25) is 0 Å². The smallest absolute Gasteiger partial charge is 0.410 e. The van der Waals surface area contributed by atoms with E-state index >= 15 is 0 Å². The molecule has 2 N–H and O–H groups in total. The van der Waals surface area contributed by atoms with E-state index < -0.39 is 51.6 Å². The molecule has 0 spiro atoms. The number of ether oxygens (including phenoxy) is 4. The lowest BCUT2D eigenvalue weighted by atomic mass is 9.98. The number of imidazole rings is 2. The number of amides is 2. The van der Waals surface area contributed by atoms with Gasteiger partial charge in [-0.05, 0) is 127 Å². The van der Waals surface area contributed by atoms with Crippen molar-refractivity contribution in [2.75, 3.05) is 31.2 Å². The van der Waals surface area contributed by atoms with Crippen molar-refractivity contribution in [3.05, 3.63) is 89.5 Å². The predicted molar refractivity (Wildman–Crippen MR) is 284 cm³/mol. The molecule has 71 heavy (non-hydrogen) atoms. The fourth-order valence-electron chi connectivity index (χ4n) is 10.2. The summed E-state index contributed by atoms with van der Waals surface area (Å²) in [6.07, 6.45) is 0.00904. The molecule has 2 amide bonds. The summed E-state index contributed by atoms with van der Waals surface area (Å²) in [4.78, 5) is 43.5. The highest BCUT2D eigenvalue weighted by molar-refractivity contribution is 6.76. The van der Waals surface area contributed by atoms with Crippen molar-refractivity contribution in [2.45, 2.75) is 180 Å². The first kappa shape index (κ1) is 52.5. The number of anilines is 1. The van der Waals surface area contributed by atoms with E-state index in [9.17, 15) is 19.8 Å². The van der Waals surface area contributed by atoms with Gasteiger partial charge in [0.05, 0.1) is 46.2 Å². The molecular weight excluding hydrogens is 931 g/mol. The second kappa shape index (κ2) is 20.6. The molecule has 3 aliphatic rings. The molecule has 6 atom stereocenters. The lowest BCUT2D eigenvalue weighted by Gasteiger charge is -2.33. The summed E-state index contributed by atoms with van der Waals surface area (Å²) < 4.78 is 28.7. The average Bonchev–Trinajstić information content (AvgIpc) is 4.12. The molecule has 3 saturated heterocycles. The summed E-state index contributed by atoms with van der Waals surface area (Å²) in [5, 5.41) is 24.7. The third kappa shape index (κ3) is 12.0. The largest absolute Gasteiger partial charge is 0.444 e. The molecule has 3 aromatic carbocycles. The summed E-state index contributed by atoms with van der Waals surface area (Å²) in [6, 6.07) is 22.1. The number of hydrogen-bond acceptors (Lipinski definition) is 11. The van der Waals surface area contributed by atoms with E-state index in [4.69, 9.17) is 28.9 Å².